The second kappa shape index (κ2) is 2.78. The molecule has 4 heavy (non-hydrogen) atoms. The van der Waals surface area contributed by atoms with Crippen LogP contribution in [-0.2, 0) is 0 Å². The summed E-state index contributed by atoms with van der Waals surface area (Å²) in [5, 5.41) is 0. The molecule has 2 nitrogen and oxygen atoms in total. The van der Waals surface area contributed by atoms with Gasteiger partial charge < -0.3 is 0 Å². The van der Waals surface area contributed by atoms with E-state index in [9.17, 15) is 8.96 Å². The Morgan fingerprint density at radius 2 is 1.50 bits per heavy atom. The van der Waals surface area contributed by atoms with Crippen LogP contribution in [0.15, 0.2) is 0 Å². The third-order valence-electron chi connectivity index (χ3n) is 0.0357. The van der Waals surface area contributed by atoms with Crippen molar-refractivity contribution in [2.24, 2.45) is 0 Å². The molecule has 2 N–H and O–H groups in total. The van der Waals surface area contributed by atoms with Gasteiger partial charge in [-0.1, -0.05) is 11.3 Å². The molecule has 0 spiro atoms. The first kappa shape index (κ1) is 3.78. The van der Waals surface area contributed by atoms with Gasteiger partial charge in [-0.05, 0) is 0 Å². The van der Waals surface area contributed by atoms with E-state index in [0.717, 1.165) is 0 Å². The minimum Gasteiger partial charge on any atom is -0.119 e. The second-order valence-corrected chi connectivity index (χ2v) is 0.189. The van der Waals surface area contributed by atoms with Crippen molar-refractivity contribution in [3.8, 4) is 0 Å². The van der Waals surface area contributed by atoms with Gasteiger partial charge in [0, 0.05) is 0 Å². The minimum atomic E-state index is 0. The summed E-state index contributed by atoms with van der Waals surface area (Å²) >= 11 is 0. The maximum absolute atomic E-state index is 9.99. The van der Waals surface area contributed by atoms with Crippen LogP contribution in [0.5, 0.6) is 0 Å². The van der Waals surface area contributed by atoms with Crippen LogP contribution in [0, 0.1) is 0 Å². The van der Waals surface area contributed by atoms with Crippen LogP contribution < -0.4 is 11.3 Å². The van der Waals surface area contributed by atoms with Crippen molar-refractivity contribution in [2.45, 2.75) is 0 Å². The van der Waals surface area contributed by atoms with Crippen molar-refractivity contribution in [1.29, 1.82) is 0 Å². The Balaban J connectivity index is 0. The standard InChI is InChI=1S/F2H2N2/c1-3-4-2/h3-4H/p+1. The highest BCUT2D eigenvalue weighted by molar-refractivity contribution is 3.58. The predicted octanol–water partition coefficient (Wildman–Crippen LogP) is -0.0379. The van der Waals surface area contributed by atoms with Gasteiger partial charge in [-0.15, -0.1) is 8.96 Å². The van der Waals surface area contributed by atoms with Crippen LogP contribution in [0.1, 0.15) is 1.43 Å². The largest absolute Gasteiger partial charge is 1.00 e. The molecular formula is H3F2N2+. The summed E-state index contributed by atoms with van der Waals surface area (Å²) in [6, 6.07) is 0. The highest BCUT2D eigenvalue weighted by Gasteiger charge is 1.54. The number of rotatable bonds is 1. The Morgan fingerprint density at radius 3 is 1.50 bits per heavy atom. The second-order valence-electron chi connectivity index (χ2n) is 0.189. The maximum atomic E-state index is 9.99. The van der Waals surface area contributed by atoms with Crippen molar-refractivity contribution in [3.05, 3.63) is 0 Å². The molecule has 0 fully saturated rings. The molecule has 0 aliphatic rings. The molecule has 0 saturated heterocycles. The van der Waals surface area contributed by atoms with Gasteiger partial charge in [-0.25, -0.2) is 0 Å². The summed E-state index contributed by atoms with van der Waals surface area (Å²) in [7, 11) is 0. The van der Waals surface area contributed by atoms with Gasteiger partial charge in [0.2, 0.25) is 0 Å². The normalized spacial score (nSPS) is 7.50. The van der Waals surface area contributed by atoms with E-state index in [0.29, 0.717) is 11.3 Å². The van der Waals surface area contributed by atoms with E-state index >= 15 is 0 Å². The summed E-state index contributed by atoms with van der Waals surface area (Å²) in [4.78, 5) is 0. The highest BCUT2D eigenvalue weighted by Crippen LogP contribution is 1.36. The Hall–Kier alpha value is -0.220. The Kier molecular flexibility index (Phi) is 2.63. The summed E-state index contributed by atoms with van der Waals surface area (Å²) in [5.41, 5.74) is 1.03. The molecule has 0 aromatic carbocycles. The molecule has 0 atom stereocenters. The number of hydrogen-bond donors (Lipinski definition) is 2. The average molecular weight is 69.0 g/mol. The molecule has 0 unspecified atom stereocenters. The zero-order valence-electron chi connectivity index (χ0n) is 2.76. The summed E-state index contributed by atoms with van der Waals surface area (Å²) in [6.45, 7) is 0. The SMILES string of the molecule is FNNF.[H+]. The van der Waals surface area contributed by atoms with Crippen LogP contribution in [0.4, 0.5) is 8.96 Å². The summed E-state index contributed by atoms with van der Waals surface area (Å²) in [5.74, 6) is 0. The third kappa shape index (κ3) is 1.78. The van der Waals surface area contributed by atoms with E-state index in [1.165, 1.54) is 0 Å². The van der Waals surface area contributed by atoms with E-state index in [-0.39, 0.29) is 1.43 Å². The molecule has 0 aromatic heterocycles. The molecule has 0 rings (SSSR count). The number of halogens is 2. The quantitative estimate of drug-likeness (QED) is 0.333. The molecule has 0 radical (unpaired) electrons. The van der Waals surface area contributed by atoms with Crippen molar-refractivity contribution in [3.63, 3.8) is 0 Å². The maximum Gasteiger partial charge on any atom is 1.00 e. The molecule has 0 aliphatic carbocycles. The van der Waals surface area contributed by atoms with Crippen LogP contribution in [0.2, 0.25) is 0 Å². The molecule has 4 heteroatoms. The van der Waals surface area contributed by atoms with Gasteiger partial charge >= 0.3 is 1.43 Å². The first-order valence-electron chi connectivity index (χ1n) is 0.628. The van der Waals surface area contributed by atoms with Crippen LogP contribution >= 0.6 is 0 Å². The number of hydrogen-bond acceptors (Lipinski definition) is 2. The molecule has 0 amide bonds. The molecular weight excluding hydrogens is 66.0 g/mol. The molecule has 26 valence electrons. The Labute approximate surface area is 23.1 Å². The van der Waals surface area contributed by atoms with E-state index in [4.69, 9.17) is 0 Å². The first-order valence-corrected chi connectivity index (χ1v) is 0.628. The monoisotopic (exact) mass is 69.0 g/mol. The smallest absolute Gasteiger partial charge is 0.119 e. The van der Waals surface area contributed by atoms with Crippen molar-refractivity contribution in [1.82, 2.24) is 11.3 Å². The number of hydrazine groups is 1. The molecule has 0 saturated carbocycles. The van der Waals surface area contributed by atoms with Gasteiger partial charge in [0.1, 0.15) is 0 Å². The van der Waals surface area contributed by atoms with Gasteiger partial charge in [-0.2, -0.15) is 0 Å². The lowest BCUT2D eigenvalue weighted by Gasteiger charge is -1.70. The van der Waals surface area contributed by atoms with E-state index in [1.54, 1.807) is 0 Å². The fraction of sp³-hybridized carbons (Fsp3) is 0. The minimum absolute atomic E-state index is 0. The van der Waals surface area contributed by atoms with Gasteiger partial charge in [0.05, 0.1) is 0 Å². The topological polar surface area (TPSA) is 24.1 Å². The summed E-state index contributed by atoms with van der Waals surface area (Å²) < 4.78 is 20.0. The average Bonchev–Trinajstić information content (AvgIpc) is 1.37. The molecule has 0 aliphatic heterocycles. The van der Waals surface area contributed by atoms with E-state index < -0.39 is 0 Å². The van der Waals surface area contributed by atoms with E-state index in [2.05, 4.69) is 0 Å². The number of nitrogens with one attached hydrogen (secondary N) is 2. The fourth-order valence-electron chi connectivity index (χ4n) is 0. The third-order valence-corrected chi connectivity index (χ3v) is 0.0357. The van der Waals surface area contributed by atoms with Gasteiger partial charge in [0.25, 0.3) is 0 Å². The van der Waals surface area contributed by atoms with Crippen molar-refractivity contribution in [2.75, 3.05) is 0 Å². The lowest BCUT2D eigenvalue weighted by Crippen LogP contribution is -2.10. The lowest BCUT2D eigenvalue weighted by molar-refractivity contribution is 0.140. The molecule has 0 bridgehead atoms. The van der Waals surface area contributed by atoms with Crippen molar-refractivity contribution >= 4 is 0 Å². The lowest BCUT2D eigenvalue weighted by atomic mass is 12.8. The Bertz CT molecular complexity index is 9.61. The predicted molar refractivity (Wildman–Crippen MR) is 9.60 cm³/mol. The highest BCUT2D eigenvalue weighted by atomic mass is 19.2. The van der Waals surface area contributed by atoms with E-state index in [1.807, 2.05) is 0 Å². The summed E-state index contributed by atoms with van der Waals surface area (Å²) in [6.07, 6.45) is 0. The van der Waals surface area contributed by atoms with Gasteiger partial charge in [0.15, 0.2) is 0 Å². The van der Waals surface area contributed by atoms with Crippen molar-refractivity contribution < 1.29 is 10.4 Å². The fourth-order valence-corrected chi connectivity index (χ4v) is 0. The van der Waals surface area contributed by atoms with Gasteiger partial charge in [-0.3, -0.25) is 0 Å². The van der Waals surface area contributed by atoms with Crippen LogP contribution in [0.3, 0.4) is 0 Å². The van der Waals surface area contributed by atoms with Crippen LogP contribution in [0.25, 0.3) is 0 Å². The zero-order chi connectivity index (χ0) is 3.41. The first-order chi connectivity index (χ1) is 1.91. The molecule has 0 aromatic rings. The molecule has 0 heterocycles. The Morgan fingerprint density at radius 1 is 1.25 bits per heavy atom. The zero-order valence-corrected chi connectivity index (χ0v) is 1.76. The van der Waals surface area contributed by atoms with Crippen LogP contribution in [-0.4, -0.2) is 0 Å².